The van der Waals surface area contributed by atoms with E-state index in [4.69, 9.17) is 33.8 Å². The summed E-state index contributed by atoms with van der Waals surface area (Å²) in [5.74, 6) is 0. The number of hydrogen-bond acceptors (Lipinski definition) is 7. The van der Waals surface area contributed by atoms with Crippen LogP contribution in [0.3, 0.4) is 0 Å². The molecular formula is C3FeK2N3O4S4. The summed E-state index contributed by atoms with van der Waals surface area (Å²) in [6.45, 7) is 0. The number of thiocarbonyl (C=S) groups is 3. The SMILES string of the molecule is O=S(=O)([O-])[O-].[Fe+3].[K+].[K+].[N-]=C=S.[N-]=C=S.[N-]=C=S. The van der Waals surface area contributed by atoms with Crippen molar-refractivity contribution in [1.29, 1.82) is 0 Å². The molecule has 85 valence electrons. The van der Waals surface area contributed by atoms with Gasteiger partial charge in [0.25, 0.3) is 0 Å². The van der Waals surface area contributed by atoms with E-state index < -0.39 is 10.4 Å². The summed E-state index contributed by atoms with van der Waals surface area (Å²) < 4.78 is 34.1. The average Bonchev–Trinajstić information content (AvgIpc) is 1.86. The maximum absolute atomic E-state index is 8.52. The van der Waals surface area contributed by atoms with Crippen molar-refractivity contribution in [2.75, 3.05) is 0 Å². The van der Waals surface area contributed by atoms with Gasteiger partial charge in [-0.3, -0.25) is 8.42 Å². The van der Waals surface area contributed by atoms with Crippen molar-refractivity contribution in [2.24, 2.45) is 0 Å². The Hall–Kier alpha value is 3.06. The molecule has 0 atom stereocenters. The van der Waals surface area contributed by atoms with Crippen LogP contribution in [0.1, 0.15) is 0 Å². The third-order valence-electron chi connectivity index (χ3n) is 0. The van der Waals surface area contributed by atoms with E-state index in [0.717, 1.165) is 0 Å². The normalized spacial score (nSPS) is 4.82. The quantitative estimate of drug-likeness (QED) is 0.129. The van der Waals surface area contributed by atoms with Crippen LogP contribution < -0.4 is 103 Å². The van der Waals surface area contributed by atoms with Gasteiger partial charge in [0.1, 0.15) is 0 Å². The first kappa shape index (κ1) is 42.7. The van der Waals surface area contributed by atoms with Crippen molar-refractivity contribution in [2.45, 2.75) is 0 Å². The number of isothiocyanates is 3. The van der Waals surface area contributed by atoms with Gasteiger partial charge in [-0.05, 0) is 0 Å². The minimum Gasteiger partial charge on any atom is -0.759 e. The largest absolute Gasteiger partial charge is 3.00 e. The molecular weight excluding hydrogens is 404 g/mol. The summed E-state index contributed by atoms with van der Waals surface area (Å²) >= 11 is 11.1. The van der Waals surface area contributed by atoms with Gasteiger partial charge in [-0.25, -0.2) is 0 Å². The van der Waals surface area contributed by atoms with Gasteiger partial charge in [0, 0.05) is 10.4 Å². The van der Waals surface area contributed by atoms with Gasteiger partial charge in [0.15, 0.2) is 0 Å². The van der Waals surface area contributed by atoms with Gasteiger partial charge in [0.05, 0.1) is 0 Å². The van der Waals surface area contributed by atoms with Crippen molar-refractivity contribution in [3.63, 3.8) is 0 Å². The van der Waals surface area contributed by atoms with Crippen LogP contribution in [0.5, 0.6) is 0 Å². The molecule has 0 fully saturated rings. The predicted molar refractivity (Wildman–Crippen MR) is 58.3 cm³/mol. The molecule has 0 aromatic rings. The van der Waals surface area contributed by atoms with E-state index in [-0.39, 0.29) is 120 Å². The van der Waals surface area contributed by atoms with E-state index in [1.165, 1.54) is 15.5 Å². The van der Waals surface area contributed by atoms with Crippen molar-refractivity contribution in [1.82, 2.24) is 0 Å². The maximum Gasteiger partial charge on any atom is 3.00 e. The molecule has 0 saturated carbocycles. The van der Waals surface area contributed by atoms with E-state index >= 15 is 0 Å². The molecule has 0 bridgehead atoms. The molecule has 0 unspecified atom stereocenters. The van der Waals surface area contributed by atoms with Crippen molar-refractivity contribution >= 4 is 62.5 Å². The minimum atomic E-state index is -5.17. The van der Waals surface area contributed by atoms with Crippen LogP contribution in [0, 0.1) is 0 Å². The van der Waals surface area contributed by atoms with Crippen LogP contribution >= 0.6 is 36.7 Å². The van der Waals surface area contributed by atoms with Gasteiger partial charge in [0.2, 0.25) is 0 Å². The van der Waals surface area contributed by atoms with Crippen LogP contribution in [-0.2, 0) is 27.5 Å². The molecule has 0 spiro atoms. The molecule has 17 heavy (non-hydrogen) atoms. The second kappa shape index (κ2) is 42.7. The molecule has 7 nitrogen and oxygen atoms in total. The number of nitrogens with zero attached hydrogens (tertiary/aromatic N) is 3. The van der Waals surface area contributed by atoms with Gasteiger partial charge in [-0.15, -0.1) is 0 Å². The molecule has 0 heterocycles. The predicted octanol–water partition coefficient (Wildman–Crippen LogP) is -5.36. The summed E-state index contributed by atoms with van der Waals surface area (Å²) in [5.41, 5.74) is 0. The molecule has 0 rings (SSSR count). The summed E-state index contributed by atoms with van der Waals surface area (Å²) in [6.07, 6.45) is 0. The molecule has 0 N–H and O–H groups in total. The van der Waals surface area contributed by atoms with Crippen LogP contribution in [0.4, 0.5) is 0 Å². The molecule has 0 aliphatic heterocycles. The zero-order valence-corrected chi connectivity index (χ0v) is 19.1. The third kappa shape index (κ3) is 592. The molecule has 0 amide bonds. The van der Waals surface area contributed by atoms with Gasteiger partial charge >= 0.3 is 120 Å². The topological polar surface area (TPSA) is 147 Å². The maximum atomic E-state index is 8.52. The van der Waals surface area contributed by atoms with Crippen LogP contribution in [0.2, 0.25) is 0 Å². The van der Waals surface area contributed by atoms with E-state index in [2.05, 4.69) is 36.7 Å². The Kier molecular flexibility index (Phi) is 107. The Morgan fingerprint density at radius 2 is 0.824 bits per heavy atom. The summed E-state index contributed by atoms with van der Waals surface area (Å²) in [4.78, 5) is 0. The van der Waals surface area contributed by atoms with Crippen molar-refractivity contribution in [3.8, 4) is 0 Å². The summed E-state index contributed by atoms with van der Waals surface area (Å²) in [6, 6.07) is 0. The number of hydrogen-bond donors (Lipinski definition) is 0. The molecule has 0 saturated heterocycles. The standard InChI is InChI=1S/3CNS.Fe.2K.H2O4S/c3*2-1-3;;;;1-5(2,3)4/h;;;;;;(H2,1,2,3,4)/q3*-1;+3;2*+1;/p-2. The van der Waals surface area contributed by atoms with Gasteiger partial charge in [-0.1, -0.05) is 36.7 Å². The molecule has 0 aliphatic carbocycles. The molecule has 0 aromatic heterocycles. The van der Waals surface area contributed by atoms with E-state index in [9.17, 15) is 0 Å². The smallest absolute Gasteiger partial charge is 0.759 e. The molecule has 0 aromatic carbocycles. The fourth-order valence-electron chi connectivity index (χ4n) is 0. The Bertz CT molecular complexity index is 282. The first-order chi connectivity index (χ1) is 6.24. The van der Waals surface area contributed by atoms with Crippen LogP contribution in [-0.4, -0.2) is 33.0 Å². The Morgan fingerprint density at radius 1 is 0.824 bits per heavy atom. The van der Waals surface area contributed by atoms with Gasteiger partial charge < -0.3 is 25.3 Å². The monoisotopic (exact) mass is 404 g/mol. The second-order valence-electron chi connectivity index (χ2n) is 0.682. The summed E-state index contributed by atoms with van der Waals surface area (Å²) in [5, 5.41) is 25.4. The average molecular weight is 404 g/mol. The van der Waals surface area contributed by atoms with Gasteiger partial charge in [-0.2, -0.15) is 15.5 Å². The Balaban J connectivity index is -0.0000000152. The Labute approximate surface area is 211 Å². The molecule has 0 aliphatic rings. The Morgan fingerprint density at radius 3 is 0.824 bits per heavy atom. The zero-order valence-electron chi connectivity index (χ0n) is 8.46. The molecule has 1 radical (unpaired) electrons. The zero-order chi connectivity index (χ0) is 12.6. The van der Waals surface area contributed by atoms with E-state index in [0.29, 0.717) is 0 Å². The van der Waals surface area contributed by atoms with E-state index in [1.54, 1.807) is 0 Å². The van der Waals surface area contributed by atoms with Crippen LogP contribution in [0.25, 0.3) is 16.2 Å². The minimum absolute atomic E-state index is 0. The first-order valence-electron chi connectivity index (χ1n) is 1.95. The fraction of sp³-hybridized carbons (Fsp3) is 0. The first-order valence-corrected chi connectivity index (χ1v) is 4.51. The molecule has 14 heteroatoms. The van der Waals surface area contributed by atoms with Crippen molar-refractivity contribution in [3.05, 3.63) is 16.2 Å². The summed E-state index contributed by atoms with van der Waals surface area (Å²) in [7, 11) is -5.17. The van der Waals surface area contributed by atoms with E-state index in [1.807, 2.05) is 0 Å². The van der Waals surface area contributed by atoms with Crippen LogP contribution in [0.15, 0.2) is 0 Å². The second-order valence-corrected chi connectivity index (χ2v) is 2.05. The third-order valence-corrected chi connectivity index (χ3v) is 0. The van der Waals surface area contributed by atoms with Crippen molar-refractivity contribution < 1.29 is 137 Å². The fourth-order valence-corrected chi connectivity index (χ4v) is 0. The number of rotatable bonds is 0.